The molecular weight excluding hydrogens is 670 g/mol. The Hall–Kier alpha value is -5.81. The maximum atomic E-state index is 12.3. The minimum absolute atomic E-state index is 0.0694. The van der Waals surface area contributed by atoms with E-state index in [1.807, 2.05) is 25.1 Å². The predicted octanol–water partition coefficient (Wildman–Crippen LogP) is 0.121. The van der Waals surface area contributed by atoms with Gasteiger partial charge in [-0.3, -0.25) is 29.4 Å². The fourth-order valence-corrected chi connectivity index (χ4v) is 3.63. The lowest BCUT2D eigenvalue weighted by atomic mass is 10.2. The van der Waals surface area contributed by atoms with E-state index in [0.717, 1.165) is 29.2 Å². The number of hydrogen-bond acceptors (Lipinski definition) is 9. The molecule has 0 spiro atoms. The van der Waals surface area contributed by atoms with Gasteiger partial charge in [0.2, 0.25) is 30.0 Å². The number of H-pyrrole nitrogens is 1. The maximum absolute atomic E-state index is 12.3. The highest BCUT2D eigenvalue weighted by atomic mass is 16.2. The van der Waals surface area contributed by atoms with Crippen LogP contribution in [-0.2, 0) is 36.9 Å². The van der Waals surface area contributed by atoms with E-state index in [-0.39, 0.29) is 19.1 Å². The first-order valence-electron chi connectivity index (χ1n) is 16.7. The highest BCUT2D eigenvalue weighted by Gasteiger charge is 2.20. The van der Waals surface area contributed by atoms with Crippen molar-refractivity contribution >= 4 is 36.1 Å². The van der Waals surface area contributed by atoms with Crippen molar-refractivity contribution in [3.05, 3.63) is 90.0 Å². The molecule has 0 saturated heterocycles. The smallest absolute Gasteiger partial charge is 0.337 e. The number of aromatic nitrogens is 2. The topological polar surface area (TPSA) is 273 Å². The lowest BCUT2D eigenvalue weighted by Crippen LogP contribution is -2.54. The highest BCUT2D eigenvalue weighted by Crippen LogP contribution is 2.03. The number of aryl methyl sites for hydroxylation is 1. The summed E-state index contributed by atoms with van der Waals surface area (Å²) >= 11 is 0. The number of nitrogens with two attached hydrogens (primary N) is 3. The summed E-state index contributed by atoms with van der Waals surface area (Å²) in [4.78, 5) is 75.7. The zero-order chi connectivity index (χ0) is 39.1. The van der Waals surface area contributed by atoms with Crippen LogP contribution in [0.15, 0.2) is 73.2 Å². The fourth-order valence-electron chi connectivity index (χ4n) is 3.63. The van der Waals surface area contributed by atoms with E-state index in [1.54, 1.807) is 42.9 Å². The summed E-state index contributed by atoms with van der Waals surface area (Å²) in [5, 5.41) is 10.1. The Labute approximate surface area is 305 Å². The van der Waals surface area contributed by atoms with E-state index in [2.05, 4.69) is 62.6 Å². The van der Waals surface area contributed by atoms with Gasteiger partial charge >= 0.3 is 6.03 Å². The molecule has 2 aromatic carbocycles. The molecule has 2 atom stereocenters. The quantitative estimate of drug-likeness (QED) is 0.0716. The summed E-state index contributed by atoms with van der Waals surface area (Å²) in [6.45, 7) is 7.29. The second-order valence-electron chi connectivity index (χ2n) is 11.3. The van der Waals surface area contributed by atoms with Crippen molar-refractivity contribution in [3.63, 3.8) is 0 Å². The van der Waals surface area contributed by atoms with Crippen LogP contribution in [0.2, 0.25) is 0 Å². The Morgan fingerprint density at radius 2 is 1.48 bits per heavy atom. The summed E-state index contributed by atoms with van der Waals surface area (Å²) in [6, 6.07) is 17.6. The third-order valence-electron chi connectivity index (χ3n) is 6.29. The first-order valence-corrected chi connectivity index (χ1v) is 16.7. The summed E-state index contributed by atoms with van der Waals surface area (Å²) in [5.41, 5.74) is 21.0. The summed E-state index contributed by atoms with van der Waals surface area (Å²) < 4.78 is 0. The van der Waals surface area contributed by atoms with Gasteiger partial charge < -0.3 is 43.5 Å². The number of nitrogens with zero attached hydrogens (tertiary/aromatic N) is 2. The lowest BCUT2D eigenvalue weighted by molar-refractivity contribution is -0.128. The van der Waals surface area contributed by atoms with Gasteiger partial charge in [0.15, 0.2) is 0 Å². The van der Waals surface area contributed by atoms with Crippen LogP contribution in [0.1, 0.15) is 50.4 Å². The monoisotopic (exact) mass is 725 g/mol. The molecule has 0 fully saturated rings. The number of carbonyl (C=O) groups excluding carboxylic acids is 6. The number of primary amides is 1. The molecular formula is C35H55N11O6. The van der Waals surface area contributed by atoms with Gasteiger partial charge in [0.05, 0.1) is 32.5 Å². The molecule has 0 saturated carbocycles. The molecule has 0 bridgehead atoms. The van der Waals surface area contributed by atoms with Crippen LogP contribution in [0.3, 0.4) is 0 Å². The average Bonchev–Trinajstić information content (AvgIpc) is 3.63. The van der Waals surface area contributed by atoms with Gasteiger partial charge in [0.1, 0.15) is 6.04 Å². The first kappa shape index (κ1) is 46.2. The summed E-state index contributed by atoms with van der Waals surface area (Å²) in [7, 11) is 0. The van der Waals surface area contributed by atoms with Crippen LogP contribution >= 0.6 is 0 Å². The van der Waals surface area contributed by atoms with Gasteiger partial charge in [0, 0.05) is 24.4 Å². The number of carbonyl (C=O) groups is 6. The molecule has 12 N–H and O–H groups in total. The number of rotatable bonds is 16. The SMILES string of the molecule is CC(NC(=O)N(Cc1ccccc1)NC=O)C(=O)NCC(=O)NCC(=O)NCC(N)=O.CCCCN.C[C@@H](N)Cc1cnc[nH]1.Cc1ccccc1. The molecule has 1 unspecified atom stereocenters. The van der Waals surface area contributed by atoms with Crippen molar-refractivity contribution in [1.82, 2.24) is 41.7 Å². The number of aromatic amines is 1. The predicted molar refractivity (Wildman–Crippen MR) is 198 cm³/mol. The molecule has 3 aromatic rings. The molecule has 1 heterocycles. The van der Waals surface area contributed by atoms with Crippen LogP contribution < -0.4 is 43.9 Å². The molecule has 7 amide bonds. The van der Waals surface area contributed by atoms with Crippen LogP contribution in [0.4, 0.5) is 4.79 Å². The van der Waals surface area contributed by atoms with E-state index in [0.29, 0.717) is 6.41 Å². The van der Waals surface area contributed by atoms with Crippen LogP contribution in [0, 0.1) is 6.92 Å². The van der Waals surface area contributed by atoms with Gasteiger partial charge in [-0.25, -0.2) is 14.8 Å². The van der Waals surface area contributed by atoms with E-state index in [1.165, 1.54) is 25.3 Å². The Balaban J connectivity index is 0.000000982. The van der Waals surface area contributed by atoms with Crippen molar-refractivity contribution in [2.75, 3.05) is 26.2 Å². The molecule has 286 valence electrons. The number of hydrogen-bond donors (Lipinski definition) is 9. The first-order chi connectivity index (χ1) is 24.8. The largest absolute Gasteiger partial charge is 0.368 e. The molecule has 0 aliphatic rings. The van der Waals surface area contributed by atoms with Crippen molar-refractivity contribution in [2.45, 2.75) is 65.6 Å². The number of amides is 7. The van der Waals surface area contributed by atoms with E-state index in [9.17, 15) is 28.8 Å². The number of urea groups is 1. The highest BCUT2D eigenvalue weighted by molar-refractivity contribution is 5.91. The molecule has 0 radical (unpaired) electrons. The van der Waals surface area contributed by atoms with Crippen LogP contribution in [0.5, 0.6) is 0 Å². The Kier molecular flexibility index (Phi) is 25.7. The summed E-state index contributed by atoms with van der Waals surface area (Å²) in [5.74, 6) is -2.67. The molecule has 52 heavy (non-hydrogen) atoms. The second-order valence-corrected chi connectivity index (χ2v) is 11.3. The maximum Gasteiger partial charge on any atom is 0.337 e. The number of benzene rings is 2. The lowest BCUT2D eigenvalue weighted by Gasteiger charge is -2.23. The van der Waals surface area contributed by atoms with E-state index < -0.39 is 48.8 Å². The van der Waals surface area contributed by atoms with Gasteiger partial charge in [-0.1, -0.05) is 79.6 Å². The van der Waals surface area contributed by atoms with Crippen molar-refractivity contribution < 1.29 is 28.8 Å². The normalized spacial score (nSPS) is 10.7. The van der Waals surface area contributed by atoms with Crippen LogP contribution in [0.25, 0.3) is 0 Å². The van der Waals surface area contributed by atoms with Crippen molar-refractivity contribution in [3.8, 4) is 0 Å². The van der Waals surface area contributed by atoms with Crippen LogP contribution in [-0.4, -0.2) is 89.3 Å². The van der Waals surface area contributed by atoms with E-state index in [4.69, 9.17) is 17.2 Å². The molecule has 0 aliphatic heterocycles. The third-order valence-corrected chi connectivity index (χ3v) is 6.29. The second kappa shape index (κ2) is 29.0. The molecule has 3 rings (SSSR count). The average molecular weight is 726 g/mol. The van der Waals surface area contributed by atoms with Gasteiger partial charge in [-0.15, -0.1) is 0 Å². The van der Waals surface area contributed by atoms with Crippen molar-refractivity contribution in [1.29, 1.82) is 0 Å². The molecule has 17 nitrogen and oxygen atoms in total. The van der Waals surface area contributed by atoms with Gasteiger partial charge in [-0.05, 0) is 39.3 Å². The zero-order valence-electron chi connectivity index (χ0n) is 30.4. The zero-order valence-corrected chi connectivity index (χ0v) is 30.4. The summed E-state index contributed by atoms with van der Waals surface area (Å²) in [6.07, 6.45) is 7.05. The number of imidazole rings is 1. The Morgan fingerprint density at radius 3 is 1.92 bits per heavy atom. The molecule has 1 aromatic heterocycles. The molecule has 0 aliphatic carbocycles. The van der Waals surface area contributed by atoms with E-state index >= 15 is 0 Å². The number of nitrogens with one attached hydrogen (secondary N) is 6. The Bertz CT molecular complexity index is 1420. The van der Waals surface area contributed by atoms with Crippen molar-refractivity contribution in [2.24, 2.45) is 17.2 Å². The third kappa shape index (κ3) is 25.2. The van der Waals surface area contributed by atoms with Gasteiger partial charge in [-0.2, -0.15) is 0 Å². The van der Waals surface area contributed by atoms with Gasteiger partial charge in [0.25, 0.3) is 0 Å². The minimum atomic E-state index is -1.02. The number of hydrazine groups is 1. The molecule has 17 heteroatoms. The minimum Gasteiger partial charge on any atom is -0.368 e. The number of unbranched alkanes of at least 4 members (excludes halogenated alkanes) is 1. The Morgan fingerprint density at radius 1 is 0.904 bits per heavy atom. The fraction of sp³-hybridized carbons (Fsp3) is 0.400. The standard InChI is InChI=1S/C18H25N7O6.C7H8.C6H11N3.C4H11N/c1-12(17(30)22-9-16(29)21-8-15(28)20-7-14(19)27)24-18(31)25(23-11-26)10-13-5-3-2-4-6-13;1-7-5-3-2-4-6-7;1-5(7)2-6-3-8-4-9-6;1-2-3-4-5/h2-6,11-12H,7-10H2,1H3,(H2,19,27)(H,20,28)(H,21,29)(H,22,30)(H,23,26)(H,24,31);2-6H,1H3;3-5H,2,7H2,1H3,(H,8,9);2-5H2,1H3/t;;5-;/m..1./s1.